The highest BCUT2D eigenvalue weighted by atomic mass is 16.5. The second-order valence-corrected chi connectivity index (χ2v) is 5.90. The molecule has 0 radical (unpaired) electrons. The van der Waals surface area contributed by atoms with Crippen LogP contribution in [-0.4, -0.2) is 56.1 Å². The zero-order chi connectivity index (χ0) is 15.1. The van der Waals surface area contributed by atoms with Crippen LogP contribution in [0.1, 0.15) is 18.4 Å². The van der Waals surface area contributed by atoms with Crippen LogP contribution in [0.3, 0.4) is 0 Å². The van der Waals surface area contributed by atoms with Crippen molar-refractivity contribution in [2.45, 2.75) is 19.4 Å². The van der Waals surface area contributed by atoms with Crippen LogP contribution in [0.4, 0.5) is 0 Å². The summed E-state index contributed by atoms with van der Waals surface area (Å²) in [5.74, 6) is 0.848. The van der Waals surface area contributed by atoms with Crippen molar-refractivity contribution in [3.63, 3.8) is 0 Å². The molecule has 1 fully saturated rings. The molecule has 0 saturated carbocycles. The molecule has 0 bridgehead atoms. The highest BCUT2D eigenvalue weighted by Crippen LogP contribution is 2.16. The Labute approximate surface area is 127 Å². The van der Waals surface area contributed by atoms with Gasteiger partial charge in [-0.1, -0.05) is 30.3 Å². The van der Waals surface area contributed by atoms with Crippen LogP contribution in [0.25, 0.3) is 0 Å². The lowest BCUT2D eigenvalue weighted by molar-refractivity contribution is -0.130. The molecule has 4 nitrogen and oxygen atoms in total. The van der Waals surface area contributed by atoms with Gasteiger partial charge in [-0.2, -0.15) is 0 Å². The number of ether oxygens (including phenoxy) is 1. The molecule has 0 N–H and O–H groups in total. The number of hydrogen-bond acceptors (Lipinski definition) is 3. The van der Waals surface area contributed by atoms with Gasteiger partial charge in [-0.25, -0.2) is 0 Å². The van der Waals surface area contributed by atoms with Gasteiger partial charge in [-0.3, -0.25) is 4.79 Å². The van der Waals surface area contributed by atoms with Crippen molar-refractivity contribution in [1.29, 1.82) is 0 Å². The minimum atomic E-state index is 0.217. The Hall–Kier alpha value is -1.39. The molecule has 21 heavy (non-hydrogen) atoms. The third-order valence-electron chi connectivity index (χ3n) is 4.10. The number of methoxy groups -OCH3 is 1. The van der Waals surface area contributed by atoms with Gasteiger partial charge in [0.2, 0.25) is 5.91 Å². The van der Waals surface area contributed by atoms with E-state index in [0.29, 0.717) is 18.9 Å². The molecule has 1 aliphatic rings. The number of amides is 1. The van der Waals surface area contributed by atoms with E-state index in [-0.39, 0.29) is 5.91 Å². The van der Waals surface area contributed by atoms with E-state index in [4.69, 9.17) is 4.74 Å². The molecule has 1 heterocycles. The van der Waals surface area contributed by atoms with Gasteiger partial charge >= 0.3 is 0 Å². The van der Waals surface area contributed by atoms with Gasteiger partial charge in [0.05, 0.1) is 6.61 Å². The van der Waals surface area contributed by atoms with Crippen LogP contribution in [-0.2, 0) is 16.1 Å². The largest absolute Gasteiger partial charge is 0.384 e. The van der Waals surface area contributed by atoms with Crippen molar-refractivity contribution in [3.8, 4) is 0 Å². The molecular weight excluding hydrogens is 264 g/mol. The van der Waals surface area contributed by atoms with Crippen LogP contribution >= 0.6 is 0 Å². The Morgan fingerprint density at radius 3 is 2.86 bits per heavy atom. The van der Waals surface area contributed by atoms with Crippen molar-refractivity contribution < 1.29 is 9.53 Å². The maximum absolute atomic E-state index is 12.2. The summed E-state index contributed by atoms with van der Waals surface area (Å²) in [6.07, 6.45) is 1.78. The summed E-state index contributed by atoms with van der Waals surface area (Å²) >= 11 is 0. The molecule has 1 aliphatic heterocycles. The SMILES string of the molecule is COC[C@H]1CCN(CCC(=O)N(C)Cc2ccccc2)C1. The first kappa shape index (κ1) is 16.0. The van der Waals surface area contributed by atoms with Gasteiger partial charge in [0.1, 0.15) is 0 Å². The third-order valence-corrected chi connectivity index (χ3v) is 4.10. The summed E-state index contributed by atoms with van der Waals surface area (Å²) in [5, 5.41) is 0. The average Bonchev–Trinajstić information content (AvgIpc) is 2.94. The lowest BCUT2D eigenvalue weighted by Crippen LogP contribution is -2.31. The van der Waals surface area contributed by atoms with E-state index in [0.717, 1.165) is 26.2 Å². The van der Waals surface area contributed by atoms with E-state index >= 15 is 0 Å². The van der Waals surface area contributed by atoms with E-state index in [9.17, 15) is 4.79 Å². The molecule has 1 aromatic carbocycles. The maximum atomic E-state index is 12.2. The van der Waals surface area contributed by atoms with Gasteiger partial charge in [0.25, 0.3) is 0 Å². The predicted molar refractivity (Wildman–Crippen MR) is 84.0 cm³/mol. The van der Waals surface area contributed by atoms with Crippen molar-refractivity contribution in [3.05, 3.63) is 35.9 Å². The number of carbonyl (C=O) groups is 1. The van der Waals surface area contributed by atoms with Crippen molar-refractivity contribution in [1.82, 2.24) is 9.80 Å². The van der Waals surface area contributed by atoms with Gasteiger partial charge < -0.3 is 14.5 Å². The number of nitrogens with zero attached hydrogens (tertiary/aromatic N) is 2. The minimum absolute atomic E-state index is 0.217. The Kier molecular flexibility index (Phi) is 6.21. The van der Waals surface area contributed by atoms with Crippen LogP contribution in [0.2, 0.25) is 0 Å². The average molecular weight is 290 g/mol. The Morgan fingerprint density at radius 2 is 2.14 bits per heavy atom. The van der Waals surface area contributed by atoms with E-state index in [1.54, 1.807) is 7.11 Å². The van der Waals surface area contributed by atoms with Crippen molar-refractivity contribution >= 4 is 5.91 Å². The Bertz CT molecular complexity index is 436. The lowest BCUT2D eigenvalue weighted by atomic mass is 10.1. The molecule has 0 aromatic heterocycles. The monoisotopic (exact) mass is 290 g/mol. The summed E-state index contributed by atoms with van der Waals surface area (Å²) < 4.78 is 5.20. The number of benzene rings is 1. The molecular formula is C17H26N2O2. The van der Waals surface area contributed by atoms with Crippen LogP contribution in [0.5, 0.6) is 0 Å². The fourth-order valence-corrected chi connectivity index (χ4v) is 2.88. The first-order valence-corrected chi connectivity index (χ1v) is 7.68. The first-order valence-electron chi connectivity index (χ1n) is 7.68. The summed E-state index contributed by atoms with van der Waals surface area (Å²) in [7, 11) is 3.64. The summed E-state index contributed by atoms with van der Waals surface area (Å²) in [4.78, 5) is 16.4. The number of likely N-dealkylation sites (tertiary alicyclic amines) is 1. The summed E-state index contributed by atoms with van der Waals surface area (Å²) in [6, 6.07) is 10.1. The van der Waals surface area contributed by atoms with Crippen LogP contribution in [0, 0.1) is 5.92 Å². The molecule has 4 heteroatoms. The zero-order valence-corrected chi connectivity index (χ0v) is 13.1. The zero-order valence-electron chi connectivity index (χ0n) is 13.1. The van der Waals surface area contributed by atoms with Crippen LogP contribution in [0.15, 0.2) is 30.3 Å². The molecule has 0 aliphatic carbocycles. The van der Waals surface area contributed by atoms with Gasteiger partial charge in [-0.05, 0) is 24.4 Å². The number of hydrogen-bond donors (Lipinski definition) is 0. The standard InChI is InChI=1S/C17H26N2O2/c1-18(12-15-6-4-3-5-7-15)17(20)9-11-19-10-8-16(13-19)14-21-2/h3-7,16H,8-14H2,1-2H3/t16-/m0/s1. The fraction of sp³-hybridized carbons (Fsp3) is 0.588. The Morgan fingerprint density at radius 1 is 1.38 bits per heavy atom. The van der Waals surface area contributed by atoms with Gasteiger partial charge in [0.15, 0.2) is 0 Å². The molecule has 1 atom stereocenters. The second-order valence-electron chi connectivity index (χ2n) is 5.90. The molecule has 0 unspecified atom stereocenters. The van der Waals surface area contributed by atoms with Crippen molar-refractivity contribution in [2.24, 2.45) is 5.92 Å². The second kappa shape index (κ2) is 8.15. The van der Waals surface area contributed by atoms with Crippen molar-refractivity contribution in [2.75, 3.05) is 40.4 Å². The minimum Gasteiger partial charge on any atom is -0.384 e. The highest BCUT2D eigenvalue weighted by Gasteiger charge is 2.22. The summed E-state index contributed by atoms with van der Waals surface area (Å²) in [5.41, 5.74) is 1.18. The van der Waals surface area contributed by atoms with Gasteiger partial charge in [-0.15, -0.1) is 0 Å². The predicted octanol–water partition coefficient (Wildman–Crippen LogP) is 2.00. The fourth-order valence-electron chi connectivity index (χ4n) is 2.88. The first-order chi connectivity index (χ1) is 10.2. The third kappa shape index (κ3) is 5.14. The lowest BCUT2D eigenvalue weighted by Gasteiger charge is -2.20. The normalized spacial score (nSPS) is 18.9. The molecule has 116 valence electrons. The molecule has 1 amide bonds. The Balaban J connectivity index is 1.70. The molecule has 2 rings (SSSR count). The van der Waals surface area contributed by atoms with Gasteiger partial charge in [0, 0.05) is 40.2 Å². The van der Waals surface area contributed by atoms with E-state index in [1.165, 1.54) is 12.0 Å². The topological polar surface area (TPSA) is 32.8 Å². The van der Waals surface area contributed by atoms with E-state index in [2.05, 4.69) is 17.0 Å². The maximum Gasteiger partial charge on any atom is 0.223 e. The van der Waals surface area contributed by atoms with E-state index < -0.39 is 0 Å². The number of rotatable bonds is 7. The number of carbonyl (C=O) groups excluding carboxylic acids is 1. The smallest absolute Gasteiger partial charge is 0.223 e. The van der Waals surface area contributed by atoms with E-state index in [1.807, 2.05) is 30.1 Å². The highest BCUT2D eigenvalue weighted by molar-refractivity contribution is 5.76. The van der Waals surface area contributed by atoms with Crippen LogP contribution < -0.4 is 0 Å². The molecule has 0 spiro atoms. The summed E-state index contributed by atoms with van der Waals surface area (Å²) in [6.45, 7) is 4.52. The molecule has 1 aromatic rings. The quantitative estimate of drug-likeness (QED) is 0.770. The molecule has 1 saturated heterocycles.